The van der Waals surface area contributed by atoms with Gasteiger partial charge in [0.25, 0.3) is 0 Å². The zero-order valence-corrected chi connectivity index (χ0v) is 14.1. The van der Waals surface area contributed by atoms with Gasteiger partial charge in [-0.2, -0.15) is 11.8 Å². The highest BCUT2D eigenvalue weighted by Crippen LogP contribution is 2.00. The first-order valence-corrected chi connectivity index (χ1v) is 9.15. The lowest BCUT2D eigenvalue weighted by atomic mass is 10.3. The van der Waals surface area contributed by atoms with Gasteiger partial charge in [0.15, 0.2) is 5.96 Å². The monoisotopic (exact) mass is 301 g/mol. The Bertz CT molecular complexity index is 264. The molecule has 1 heterocycles. The molecule has 0 aromatic heterocycles. The van der Waals surface area contributed by atoms with E-state index in [0.717, 1.165) is 37.9 Å². The summed E-state index contributed by atoms with van der Waals surface area (Å²) in [4.78, 5) is 9.67. The quantitative estimate of drug-likeness (QED) is 0.389. The molecule has 1 rings (SSSR count). The topological polar surface area (TPSA) is 42.9 Å². The molecule has 0 radical (unpaired) electrons. The van der Waals surface area contributed by atoms with Crippen molar-refractivity contribution >= 4 is 17.7 Å². The number of piperazine rings is 1. The SMILES string of the molecule is CCNC(=NCCN1CCN(CC)CC1)NCCSC. The Kier molecular flexibility index (Phi) is 9.87. The maximum atomic E-state index is 4.65. The second kappa shape index (κ2) is 11.2. The molecular formula is C14H31N5S. The molecule has 0 unspecified atom stereocenters. The number of rotatable bonds is 8. The maximum Gasteiger partial charge on any atom is 0.191 e. The van der Waals surface area contributed by atoms with E-state index in [1.54, 1.807) is 0 Å². The molecule has 1 fully saturated rings. The first-order valence-electron chi connectivity index (χ1n) is 7.76. The molecule has 0 amide bonds. The van der Waals surface area contributed by atoms with E-state index in [0.29, 0.717) is 0 Å². The lowest BCUT2D eigenvalue weighted by Crippen LogP contribution is -2.47. The third kappa shape index (κ3) is 7.36. The molecule has 0 aliphatic carbocycles. The van der Waals surface area contributed by atoms with Crippen molar-refractivity contribution in [2.75, 3.05) is 70.9 Å². The van der Waals surface area contributed by atoms with Gasteiger partial charge in [0, 0.05) is 51.6 Å². The lowest BCUT2D eigenvalue weighted by Gasteiger charge is -2.33. The van der Waals surface area contributed by atoms with Crippen LogP contribution in [0, 0.1) is 0 Å². The Labute approximate surface area is 128 Å². The van der Waals surface area contributed by atoms with Gasteiger partial charge in [-0.3, -0.25) is 9.89 Å². The Morgan fingerprint density at radius 1 is 1.10 bits per heavy atom. The number of hydrogen-bond acceptors (Lipinski definition) is 4. The molecule has 0 atom stereocenters. The van der Waals surface area contributed by atoms with Crippen LogP contribution in [-0.4, -0.2) is 86.7 Å². The summed E-state index contributed by atoms with van der Waals surface area (Å²) < 4.78 is 0. The van der Waals surface area contributed by atoms with Gasteiger partial charge in [-0.1, -0.05) is 6.92 Å². The molecule has 1 saturated heterocycles. The van der Waals surface area contributed by atoms with Crippen LogP contribution in [0.2, 0.25) is 0 Å². The van der Waals surface area contributed by atoms with Crippen LogP contribution in [0.3, 0.4) is 0 Å². The number of guanidine groups is 1. The molecule has 1 aliphatic heterocycles. The van der Waals surface area contributed by atoms with E-state index in [9.17, 15) is 0 Å². The molecule has 0 bridgehead atoms. The van der Waals surface area contributed by atoms with Gasteiger partial charge in [0.2, 0.25) is 0 Å². The summed E-state index contributed by atoms with van der Waals surface area (Å²) >= 11 is 1.85. The molecule has 118 valence electrons. The summed E-state index contributed by atoms with van der Waals surface area (Å²) in [5.41, 5.74) is 0. The number of nitrogens with one attached hydrogen (secondary N) is 2. The summed E-state index contributed by atoms with van der Waals surface area (Å²) in [5, 5.41) is 6.67. The fraction of sp³-hybridized carbons (Fsp3) is 0.929. The predicted octanol–water partition coefficient (Wildman–Crippen LogP) is 0.542. The molecule has 0 aromatic rings. The van der Waals surface area contributed by atoms with Crippen molar-refractivity contribution in [3.05, 3.63) is 0 Å². The van der Waals surface area contributed by atoms with Crippen molar-refractivity contribution in [2.24, 2.45) is 4.99 Å². The van der Waals surface area contributed by atoms with Gasteiger partial charge in [-0.25, -0.2) is 0 Å². The van der Waals surface area contributed by atoms with Crippen LogP contribution >= 0.6 is 11.8 Å². The molecule has 0 saturated carbocycles. The van der Waals surface area contributed by atoms with Crippen molar-refractivity contribution < 1.29 is 0 Å². The Balaban J connectivity index is 2.22. The summed E-state index contributed by atoms with van der Waals surface area (Å²) in [6.07, 6.45) is 2.13. The van der Waals surface area contributed by atoms with Crippen LogP contribution in [0.5, 0.6) is 0 Å². The van der Waals surface area contributed by atoms with Crippen molar-refractivity contribution in [1.82, 2.24) is 20.4 Å². The van der Waals surface area contributed by atoms with E-state index in [1.165, 1.54) is 32.7 Å². The summed E-state index contributed by atoms with van der Waals surface area (Å²) in [5.74, 6) is 2.07. The molecular weight excluding hydrogens is 270 g/mol. The van der Waals surface area contributed by atoms with Gasteiger partial charge in [0.05, 0.1) is 6.54 Å². The highest BCUT2D eigenvalue weighted by molar-refractivity contribution is 7.98. The largest absolute Gasteiger partial charge is 0.357 e. The second-order valence-electron chi connectivity index (χ2n) is 4.96. The average Bonchev–Trinajstić information content (AvgIpc) is 2.48. The zero-order chi connectivity index (χ0) is 14.6. The van der Waals surface area contributed by atoms with Gasteiger partial charge in [-0.15, -0.1) is 0 Å². The smallest absolute Gasteiger partial charge is 0.191 e. The average molecular weight is 302 g/mol. The van der Waals surface area contributed by atoms with Gasteiger partial charge >= 0.3 is 0 Å². The summed E-state index contributed by atoms with van der Waals surface area (Å²) in [6.45, 7) is 14.1. The molecule has 2 N–H and O–H groups in total. The van der Waals surface area contributed by atoms with E-state index in [2.05, 4.69) is 45.5 Å². The lowest BCUT2D eigenvalue weighted by molar-refractivity contribution is 0.140. The van der Waals surface area contributed by atoms with E-state index >= 15 is 0 Å². The van der Waals surface area contributed by atoms with Crippen molar-refractivity contribution in [2.45, 2.75) is 13.8 Å². The number of likely N-dealkylation sites (N-methyl/N-ethyl adjacent to an activating group) is 1. The Hall–Kier alpha value is -0.460. The standard InChI is InChI=1S/C14H31N5S/c1-4-15-14(17-7-13-20-3)16-6-8-19-11-9-18(5-2)10-12-19/h4-13H2,1-3H3,(H2,15,16,17). The first kappa shape index (κ1) is 17.6. The highest BCUT2D eigenvalue weighted by Gasteiger charge is 2.14. The third-order valence-electron chi connectivity index (χ3n) is 3.54. The summed E-state index contributed by atoms with van der Waals surface area (Å²) in [7, 11) is 0. The first-order chi connectivity index (χ1) is 9.80. The zero-order valence-electron chi connectivity index (χ0n) is 13.3. The summed E-state index contributed by atoms with van der Waals surface area (Å²) in [6, 6.07) is 0. The van der Waals surface area contributed by atoms with Gasteiger partial charge < -0.3 is 15.5 Å². The molecule has 5 nitrogen and oxygen atoms in total. The fourth-order valence-electron chi connectivity index (χ4n) is 2.25. The molecule has 0 spiro atoms. The third-order valence-corrected chi connectivity index (χ3v) is 4.15. The molecule has 1 aliphatic rings. The number of nitrogens with zero attached hydrogens (tertiary/aromatic N) is 3. The Morgan fingerprint density at radius 3 is 2.40 bits per heavy atom. The maximum absolute atomic E-state index is 4.65. The van der Waals surface area contributed by atoms with Crippen molar-refractivity contribution in [3.8, 4) is 0 Å². The van der Waals surface area contributed by atoms with Crippen LogP contribution in [0.25, 0.3) is 0 Å². The fourth-order valence-corrected chi connectivity index (χ4v) is 2.55. The molecule has 6 heteroatoms. The van der Waals surface area contributed by atoms with E-state index < -0.39 is 0 Å². The minimum absolute atomic E-state index is 0.876. The van der Waals surface area contributed by atoms with Crippen LogP contribution in [0.1, 0.15) is 13.8 Å². The van der Waals surface area contributed by atoms with Crippen molar-refractivity contribution in [3.63, 3.8) is 0 Å². The minimum atomic E-state index is 0.876. The Morgan fingerprint density at radius 2 is 1.80 bits per heavy atom. The number of hydrogen-bond donors (Lipinski definition) is 2. The van der Waals surface area contributed by atoms with Crippen LogP contribution in [0.4, 0.5) is 0 Å². The van der Waals surface area contributed by atoms with Gasteiger partial charge in [-0.05, 0) is 19.7 Å². The molecule has 20 heavy (non-hydrogen) atoms. The number of aliphatic imine (C=N–C) groups is 1. The highest BCUT2D eigenvalue weighted by atomic mass is 32.2. The van der Waals surface area contributed by atoms with Crippen molar-refractivity contribution in [1.29, 1.82) is 0 Å². The van der Waals surface area contributed by atoms with Crippen LogP contribution < -0.4 is 10.6 Å². The van der Waals surface area contributed by atoms with Crippen LogP contribution in [0.15, 0.2) is 4.99 Å². The number of thioether (sulfide) groups is 1. The van der Waals surface area contributed by atoms with E-state index in [4.69, 9.17) is 0 Å². The normalized spacial score (nSPS) is 18.2. The van der Waals surface area contributed by atoms with Gasteiger partial charge in [0.1, 0.15) is 0 Å². The van der Waals surface area contributed by atoms with E-state index in [1.807, 2.05) is 11.8 Å². The molecule has 0 aromatic carbocycles. The van der Waals surface area contributed by atoms with E-state index in [-0.39, 0.29) is 0 Å². The predicted molar refractivity (Wildman–Crippen MR) is 90.9 cm³/mol. The minimum Gasteiger partial charge on any atom is -0.357 e. The second-order valence-corrected chi connectivity index (χ2v) is 5.94. The van der Waals surface area contributed by atoms with Crippen LogP contribution in [-0.2, 0) is 0 Å².